The molecule has 0 atom stereocenters. The molecule has 1 aromatic carbocycles. The summed E-state index contributed by atoms with van der Waals surface area (Å²) in [6.45, 7) is 2.76. The zero-order valence-corrected chi connectivity index (χ0v) is 10.7. The van der Waals surface area contributed by atoms with Crippen LogP contribution in [0.1, 0.15) is 11.1 Å². The number of aryl methyl sites for hydroxylation is 1. The fourth-order valence-corrected chi connectivity index (χ4v) is 1.91. The molecule has 2 aromatic heterocycles. The molecule has 0 bridgehead atoms. The lowest BCUT2D eigenvalue weighted by atomic mass is 10.1. The molecule has 4 nitrogen and oxygen atoms in total. The molecule has 3 aromatic rings. The molecule has 0 aliphatic heterocycles. The van der Waals surface area contributed by atoms with Gasteiger partial charge in [0, 0.05) is 18.0 Å². The minimum atomic E-state index is 0.687. The number of pyridine rings is 1. The first-order valence-electron chi connectivity index (χ1n) is 6.17. The minimum absolute atomic E-state index is 0.687. The second kappa shape index (κ2) is 5.02. The highest BCUT2D eigenvalue weighted by molar-refractivity contribution is 5.57. The molecule has 0 unspecified atom stereocenters. The summed E-state index contributed by atoms with van der Waals surface area (Å²) >= 11 is 0. The third-order valence-electron chi connectivity index (χ3n) is 2.95. The van der Waals surface area contributed by atoms with Gasteiger partial charge < -0.3 is 0 Å². The van der Waals surface area contributed by atoms with E-state index in [4.69, 9.17) is 0 Å². The van der Waals surface area contributed by atoms with Crippen molar-refractivity contribution in [2.24, 2.45) is 0 Å². The van der Waals surface area contributed by atoms with Crippen LogP contribution in [0.25, 0.3) is 11.3 Å². The summed E-state index contributed by atoms with van der Waals surface area (Å²) in [7, 11) is 0. The maximum atomic E-state index is 4.20. The summed E-state index contributed by atoms with van der Waals surface area (Å²) in [6.07, 6.45) is 5.56. The molecule has 0 N–H and O–H groups in total. The molecular weight excluding hydrogens is 236 g/mol. The van der Waals surface area contributed by atoms with Crippen LogP contribution in [0, 0.1) is 6.92 Å². The number of rotatable bonds is 3. The van der Waals surface area contributed by atoms with E-state index in [9.17, 15) is 0 Å². The summed E-state index contributed by atoms with van der Waals surface area (Å²) in [4.78, 5) is 4.09. The van der Waals surface area contributed by atoms with Gasteiger partial charge in [-0.25, -0.2) is 4.68 Å². The molecule has 0 fully saturated rings. The lowest BCUT2D eigenvalue weighted by Gasteiger charge is -1.99. The van der Waals surface area contributed by atoms with Crippen molar-refractivity contribution < 1.29 is 0 Å². The first-order valence-corrected chi connectivity index (χ1v) is 6.17. The lowest BCUT2D eigenvalue weighted by Crippen LogP contribution is -2.00. The van der Waals surface area contributed by atoms with Crippen molar-refractivity contribution in [3.8, 4) is 11.3 Å². The highest BCUT2D eigenvalue weighted by Gasteiger charge is 2.04. The molecule has 0 aliphatic rings. The van der Waals surface area contributed by atoms with Crippen LogP contribution in [0.3, 0.4) is 0 Å². The van der Waals surface area contributed by atoms with Crippen LogP contribution in [0.15, 0.2) is 55.0 Å². The number of hydrogen-bond donors (Lipinski definition) is 0. The Hall–Kier alpha value is -2.49. The highest BCUT2D eigenvalue weighted by Crippen LogP contribution is 2.16. The van der Waals surface area contributed by atoms with Gasteiger partial charge in [-0.3, -0.25) is 4.98 Å². The number of nitrogens with zero attached hydrogens (tertiary/aromatic N) is 4. The Bertz CT molecular complexity index is 656. The van der Waals surface area contributed by atoms with Crippen molar-refractivity contribution in [3.63, 3.8) is 0 Å². The number of aromatic nitrogens is 4. The standard InChI is InChI=1S/C15H14N4/c1-12-4-6-14(7-5-12)15-11-19(18-17-15)10-13-3-2-8-16-9-13/h2-9,11H,10H2,1H3. The summed E-state index contributed by atoms with van der Waals surface area (Å²) < 4.78 is 1.83. The molecule has 0 saturated carbocycles. The Morgan fingerprint density at radius 3 is 2.68 bits per heavy atom. The molecule has 0 saturated heterocycles. The monoisotopic (exact) mass is 250 g/mol. The van der Waals surface area contributed by atoms with E-state index in [0.717, 1.165) is 16.8 Å². The molecule has 2 heterocycles. The zero-order valence-electron chi connectivity index (χ0n) is 10.7. The normalized spacial score (nSPS) is 10.6. The Morgan fingerprint density at radius 2 is 1.95 bits per heavy atom. The van der Waals surface area contributed by atoms with E-state index in [1.807, 2.05) is 29.2 Å². The first kappa shape index (κ1) is 11.6. The van der Waals surface area contributed by atoms with Crippen LogP contribution in [0.2, 0.25) is 0 Å². The Kier molecular flexibility index (Phi) is 3.06. The predicted octanol–water partition coefficient (Wildman–Crippen LogP) is 2.70. The van der Waals surface area contributed by atoms with Gasteiger partial charge in [-0.05, 0) is 18.6 Å². The topological polar surface area (TPSA) is 43.6 Å². The number of benzene rings is 1. The van der Waals surface area contributed by atoms with E-state index < -0.39 is 0 Å². The van der Waals surface area contributed by atoms with Gasteiger partial charge in [0.1, 0.15) is 5.69 Å². The smallest absolute Gasteiger partial charge is 0.113 e. The van der Waals surface area contributed by atoms with Crippen molar-refractivity contribution in [2.75, 3.05) is 0 Å². The van der Waals surface area contributed by atoms with Crippen molar-refractivity contribution >= 4 is 0 Å². The highest BCUT2D eigenvalue weighted by atomic mass is 15.4. The molecule has 0 amide bonds. The van der Waals surface area contributed by atoms with E-state index in [2.05, 4.69) is 46.5 Å². The van der Waals surface area contributed by atoms with Gasteiger partial charge in [0.15, 0.2) is 0 Å². The maximum Gasteiger partial charge on any atom is 0.113 e. The average molecular weight is 250 g/mol. The third-order valence-corrected chi connectivity index (χ3v) is 2.95. The zero-order chi connectivity index (χ0) is 13.1. The fraction of sp³-hybridized carbons (Fsp3) is 0.133. The molecule has 94 valence electrons. The first-order chi connectivity index (χ1) is 9.31. The second-order valence-electron chi connectivity index (χ2n) is 4.53. The quantitative estimate of drug-likeness (QED) is 0.717. The maximum absolute atomic E-state index is 4.20. The van der Waals surface area contributed by atoms with Crippen LogP contribution in [0.5, 0.6) is 0 Å². The summed E-state index contributed by atoms with van der Waals surface area (Å²) in [5, 5.41) is 8.35. The van der Waals surface area contributed by atoms with Crippen molar-refractivity contribution in [3.05, 3.63) is 66.1 Å². The van der Waals surface area contributed by atoms with E-state index in [1.54, 1.807) is 6.20 Å². The largest absolute Gasteiger partial charge is 0.264 e. The lowest BCUT2D eigenvalue weighted by molar-refractivity contribution is 0.648. The van der Waals surface area contributed by atoms with Gasteiger partial charge in [-0.1, -0.05) is 41.1 Å². The van der Waals surface area contributed by atoms with Crippen LogP contribution in [0.4, 0.5) is 0 Å². The van der Waals surface area contributed by atoms with Gasteiger partial charge in [0.2, 0.25) is 0 Å². The van der Waals surface area contributed by atoms with E-state index >= 15 is 0 Å². The van der Waals surface area contributed by atoms with Crippen LogP contribution in [-0.4, -0.2) is 20.0 Å². The number of hydrogen-bond acceptors (Lipinski definition) is 3. The Balaban J connectivity index is 1.82. The molecule has 3 rings (SSSR count). The van der Waals surface area contributed by atoms with Crippen molar-refractivity contribution in [1.29, 1.82) is 0 Å². The second-order valence-corrected chi connectivity index (χ2v) is 4.53. The van der Waals surface area contributed by atoms with E-state index in [0.29, 0.717) is 6.54 Å². The van der Waals surface area contributed by atoms with Gasteiger partial charge in [0.25, 0.3) is 0 Å². The average Bonchev–Trinajstić information content (AvgIpc) is 2.89. The minimum Gasteiger partial charge on any atom is -0.264 e. The van der Waals surface area contributed by atoms with Crippen molar-refractivity contribution in [1.82, 2.24) is 20.0 Å². The molecule has 0 aliphatic carbocycles. The summed E-state index contributed by atoms with van der Waals surface area (Å²) in [5.41, 5.74) is 4.33. The van der Waals surface area contributed by atoms with E-state index in [-0.39, 0.29) is 0 Å². The molecular formula is C15H14N4. The fourth-order valence-electron chi connectivity index (χ4n) is 1.91. The van der Waals surface area contributed by atoms with Gasteiger partial charge in [0.05, 0.1) is 12.7 Å². The van der Waals surface area contributed by atoms with Crippen molar-refractivity contribution in [2.45, 2.75) is 13.5 Å². The Morgan fingerprint density at radius 1 is 1.11 bits per heavy atom. The van der Waals surface area contributed by atoms with Crippen LogP contribution < -0.4 is 0 Å². The molecule has 4 heteroatoms. The SMILES string of the molecule is Cc1ccc(-c2cn(Cc3cccnc3)nn2)cc1. The summed E-state index contributed by atoms with van der Waals surface area (Å²) in [6, 6.07) is 12.2. The third kappa shape index (κ3) is 2.68. The van der Waals surface area contributed by atoms with Gasteiger partial charge in [-0.15, -0.1) is 5.10 Å². The molecule has 19 heavy (non-hydrogen) atoms. The van der Waals surface area contributed by atoms with Crippen LogP contribution in [-0.2, 0) is 6.54 Å². The Labute approximate surface area is 111 Å². The van der Waals surface area contributed by atoms with Gasteiger partial charge in [-0.2, -0.15) is 0 Å². The molecule has 0 spiro atoms. The summed E-state index contributed by atoms with van der Waals surface area (Å²) in [5.74, 6) is 0. The van der Waals surface area contributed by atoms with E-state index in [1.165, 1.54) is 5.56 Å². The van der Waals surface area contributed by atoms with Crippen LogP contribution >= 0.6 is 0 Å². The van der Waals surface area contributed by atoms with Gasteiger partial charge >= 0.3 is 0 Å². The predicted molar refractivity (Wildman–Crippen MR) is 73.5 cm³/mol. The molecule has 0 radical (unpaired) electrons.